The van der Waals surface area contributed by atoms with Crippen LogP contribution in [0.15, 0.2) is 6.33 Å². The van der Waals surface area contributed by atoms with Gasteiger partial charge in [-0.25, -0.2) is 4.98 Å². The van der Waals surface area contributed by atoms with E-state index >= 15 is 0 Å². The first kappa shape index (κ1) is 13.9. The summed E-state index contributed by atoms with van der Waals surface area (Å²) in [5.41, 5.74) is 6.59. The van der Waals surface area contributed by atoms with Gasteiger partial charge in [-0.1, -0.05) is 0 Å². The van der Waals surface area contributed by atoms with Gasteiger partial charge in [0.1, 0.15) is 12.0 Å². The molecule has 0 aromatic carbocycles. The van der Waals surface area contributed by atoms with Crippen LogP contribution in [-0.2, 0) is 0 Å². The highest BCUT2D eigenvalue weighted by molar-refractivity contribution is 5.67. The molecule has 6 heteroatoms. The van der Waals surface area contributed by atoms with Crippen LogP contribution >= 0.6 is 0 Å². The molecular weight excluding hydrogens is 244 g/mol. The minimum Gasteiger partial charge on any atom is -0.476 e. The minimum absolute atomic E-state index is 0.238. The summed E-state index contributed by atoms with van der Waals surface area (Å²) in [6.07, 6.45) is 4.57. The van der Waals surface area contributed by atoms with Crippen LogP contribution in [0.1, 0.15) is 26.2 Å². The lowest BCUT2D eigenvalue weighted by molar-refractivity contribution is 0.244. The van der Waals surface area contributed by atoms with Crippen molar-refractivity contribution in [1.29, 1.82) is 0 Å². The maximum absolute atomic E-state index is 9.06. The number of ether oxygens (including phenoxy) is 1. The number of aromatic nitrogens is 2. The summed E-state index contributed by atoms with van der Waals surface area (Å²) in [6.45, 7) is 4.50. The molecule has 6 nitrogen and oxygen atoms in total. The van der Waals surface area contributed by atoms with Gasteiger partial charge in [-0.3, -0.25) is 0 Å². The van der Waals surface area contributed by atoms with Crippen LogP contribution in [0.2, 0.25) is 0 Å². The van der Waals surface area contributed by atoms with Crippen molar-refractivity contribution in [2.24, 2.45) is 5.92 Å². The molecule has 0 radical (unpaired) electrons. The molecule has 1 aliphatic rings. The van der Waals surface area contributed by atoms with E-state index in [0.29, 0.717) is 24.1 Å². The van der Waals surface area contributed by atoms with Crippen molar-refractivity contribution in [1.82, 2.24) is 9.97 Å². The standard InChI is InChI=1S/C13H22N4O2/c1-2-19-13-11(14)12(15-9-16-13)17-6-3-4-10(8-17)5-7-18/h9-10,18H,2-8,14H2,1H3. The van der Waals surface area contributed by atoms with Gasteiger partial charge in [0.2, 0.25) is 5.88 Å². The molecule has 2 heterocycles. The van der Waals surface area contributed by atoms with Crippen LogP contribution in [-0.4, -0.2) is 41.4 Å². The van der Waals surface area contributed by atoms with Crippen LogP contribution in [0.5, 0.6) is 5.88 Å². The molecule has 1 saturated heterocycles. The predicted octanol–water partition coefficient (Wildman–Crippen LogP) is 1.06. The number of nitrogen functional groups attached to an aromatic ring is 1. The third kappa shape index (κ3) is 3.26. The van der Waals surface area contributed by atoms with Gasteiger partial charge in [-0.05, 0) is 32.1 Å². The quantitative estimate of drug-likeness (QED) is 0.829. The molecule has 0 amide bonds. The molecule has 2 rings (SSSR count). The average molecular weight is 266 g/mol. The van der Waals surface area contributed by atoms with E-state index in [9.17, 15) is 0 Å². The van der Waals surface area contributed by atoms with E-state index in [1.807, 2.05) is 6.92 Å². The Morgan fingerprint density at radius 3 is 3.11 bits per heavy atom. The Hall–Kier alpha value is -1.56. The largest absolute Gasteiger partial charge is 0.476 e. The number of aliphatic hydroxyl groups is 1. The molecule has 1 aromatic rings. The maximum Gasteiger partial charge on any atom is 0.242 e. The zero-order chi connectivity index (χ0) is 13.7. The fraction of sp³-hybridized carbons (Fsp3) is 0.692. The molecule has 1 unspecified atom stereocenters. The average Bonchev–Trinajstić information content (AvgIpc) is 2.42. The van der Waals surface area contributed by atoms with E-state index in [2.05, 4.69) is 14.9 Å². The normalized spacial score (nSPS) is 19.5. The summed E-state index contributed by atoms with van der Waals surface area (Å²) in [5.74, 6) is 1.71. The van der Waals surface area contributed by atoms with Gasteiger partial charge >= 0.3 is 0 Å². The van der Waals surface area contributed by atoms with E-state index in [-0.39, 0.29) is 6.61 Å². The molecular formula is C13H22N4O2. The second-order valence-electron chi connectivity index (χ2n) is 4.82. The zero-order valence-electron chi connectivity index (χ0n) is 11.4. The lowest BCUT2D eigenvalue weighted by Crippen LogP contribution is -2.36. The Kier molecular flexibility index (Phi) is 4.79. The molecule has 0 spiro atoms. The van der Waals surface area contributed by atoms with Gasteiger partial charge in [0, 0.05) is 19.7 Å². The van der Waals surface area contributed by atoms with Crippen molar-refractivity contribution in [3.63, 3.8) is 0 Å². The van der Waals surface area contributed by atoms with Crippen molar-refractivity contribution in [2.75, 3.05) is 36.9 Å². The Labute approximate surface area is 113 Å². The van der Waals surface area contributed by atoms with Crippen LogP contribution in [0, 0.1) is 5.92 Å². The van der Waals surface area contributed by atoms with Crippen molar-refractivity contribution in [3.8, 4) is 5.88 Å². The molecule has 1 atom stereocenters. The molecule has 1 aliphatic heterocycles. The van der Waals surface area contributed by atoms with E-state index in [1.165, 1.54) is 6.33 Å². The van der Waals surface area contributed by atoms with Crippen molar-refractivity contribution in [2.45, 2.75) is 26.2 Å². The summed E-state index contributed by atoms with van der Waals surface area (Å²) < 4.78 is 5.40. The Morgan fingerprint density at radius 2 is 2.37 bits per heavy atom. The maximum atomic E-state index is 9.06. The molecule has 3 N–H and O–H groups in total. The van der Waals surface area contributed by atoms with Crippen LogP contribution in [0.4, 0.5) is 11.5 Å². The third-order valence-electron chi connectivity index (χ3n) is 3.46. The van der Waals surface area contributed by atoms with E-state index in [0.717, 1.165) is 38.2 Å². The highest BCUT2D eigenvalue weighted by Crippen LogP contribution is 2.31. The first-order chi connectivity index (χ1) is 9.26. The molecule has 1 aromatic heterocycles. The topological polar surface area (TPSA) is 84.5 Å². The van der Waals surface area contributed by atoms with E-state index in [4.69, 9.17) is 15.6 Å². The number of aliphatic hydroxyl groups excluding tert-OH is 1. The van der Waals surface area contributed by atoms with Crippen LogP contribution in [0.25, 0.3) is 0 Å². The lowest BCUT2D eigenvalue weighted by atomic mass is 9.95. The number of piperidine rings is 1. The lowest BCUT2D eigenvalue weighted by Gasteiger charge is -2.34. The number of nitrogens with two attached hydrogens (primary N) is 1. The summed E-state index contributed by atoms with van der Waals surface area (Å²) in [4.78, 5) is 10.5. The summed E-state index contributed by atoms with van der Waals surface area (Å²) in [5, 5.41) is 9.06. The second-order valence-corrected chi connectivity index (χ2v) is 4.82. The van der Waals surface area contributed by atoms with Crippen molar-refractivity contribution >= 4 is 11.5 Å². The highest BCUT2D eigenvalue weighted by atomic mass is 16.5. The molecule has 1 fully saturated rings. The summed E-state index contributed by atoms with van der Waals surface area (Å²) in [6, 6.07) is 0. The van der Waals surface area contributed by atoms with Gasteiger partial charge in [0.15, 0.2) is 5.82 Å². The van der Waals surface area contributed by atoms with E-state index in [1.54, 1.807) is 0 Å². The Bertz CT molecular complexity index is 412. The van der Waals surface area contributed by atoms with Crippen LogP contribution < -0.4 is 15.4 Å². The molecule has 19 heavy (non-hydrogen) atoms. The zero-order valence-corrected chi connectivity index (χ0v) is 11.4. The number of rotatable bonds is 5. The minimum atomic E-state index is 0.238. The SMILES string of the molecule is CCOc1ncnc(N2CCCC(CCO)C2)c1N. The fourth-order valence-corrected chi connectivity index (χ4v) is 2.55. The van der Waals surface area contributed by atoms with Gasteiger partial charge in [0.05, 0.1) is 6.61 Å². The number of hydrogen-bond donors (Lipinski definition) is 2. The van der Waals surface area contributed by atoms with E-state index < -0.39 is 0 Å². The smallest absolute Gasteiger partial charge is 0.242 e. The summed E-state index contributed by atoms with van der Waals surface area (Å²) in [7, 11) is 0. The monoisotopic (exact) mass is 266 g/mol. The summed E-state index contributed by atoms with van der Waals surface area (Å²) >= 11 is 0. The first-order valence-electron chi connectivity index (χ1n) is 6.85. The van der Waals surface area contributed by atoms with Gasteiger partial charge < -0.3 is 20.5 Å². The number of hydrogen-bond acceptors (Lipinski definition) is 6. The molecule has 0 bridgehead atoms. The Balaban J connectivity index is 2.14. The van der Waals surface area contributed by atoms with Crippen molar-refractivity contribution < 1.29 is 9.84 Å². The van der Waals surface area contributed by atoms with Crippen molar-refractivity contribution in [3.05, 3.63) is 6.33 Å². The molecule has 106 valence electrons. The number of nitrogens with zero attached hydrogens (tertiary/aromatic N) is 3. The van der Waals surface area contributed by atoms with Gasteiger partial charge in [-0.15, -0.1) is 0 Å². The third-order valence-corrected chi connectivity index (χ3v) is 3.46. The van der Waals surface area contributed by atoms with Gasteiger partial charge in [-0.2, -0.15) is 4.98 Å². The van der Waals surface area contributed by atoms with Gasteiger partial charge in [0.25, 0.3) is 0 Å². The second kappa shape index (κ2) is 6.56. The van der Waals surface area contributed by atoms with Crippen LogP contribution in [0.3, 0.4) is 0 Å². The number of anilines is 2. The highest BCUT2D eigenvalue weighted by Gasteiger charge is 2.23. The molecule has 0 saturated carbocycles. The molecule has 0 aliphatic carbocycles. The Morgan fingerprint density at radius 1 is 1.53 bits per heavy atom. The predicted molar refractivity (Wildman–Crippen MR) is 74.3 cm³/mol. The first-order valence-corrected chi connectivity index (χ1v) is 6.85. The fourth-order valence-electron chi connectivity index (χ4n) is 2.55.